The Kier molecular flexibility index (Phi) is 69.7. The number of hydrogen-bond acceptors (Lipinski definition) is 16. The van der Waals surface area contributed by atoms with Crippen LogP contribution in [0.2, 0.25) is 0 Å². The first-order chi connectivity index (χ1) is 60.4. The van der Waals surface area contributed by atoms with Crippen LogP contribution < -0.4 is 40.6 Å². The van der Waals surface area contributed by atoms with Crippen LogP contribution in [0.15, 0.2) is 249 Å². The van der Waals surface area contributed by atoms with Crippen LogP contribution in [0.1, 0.15) is 234 Å². The first-order valence-electron chi connectivity index (χ1n) is 43.5. The van der Waals surface area contributed by atoms with Crippen molar-refractivity contribution in [3.63, 3.8) is 0 Å². The zero-order valence-corrected chi connectivity index (χ0v) is 93.6. The van der Waals surface area contributed by atoms with Crippen molar-refractivity contribution in [3.05, 3.63) is 255 Å². The molecule has 0 aliphatic heterocycles. The second-order valence-corrected chi connectivity index (χ2v) is 38.5. The molecule has 4 aromatic heterocycles. The van der Waals surface area contributed by atoms with Crippen molar-refractivity contribution in [3.8, 4) is 0 Å². The van der Waals surface area contributed by atoms with Gasteiger partial charge in [-0.3, -0.25) is 39.1 Å². The van der Waals surface area contributed by atoms with E-state index < -0.39 is 53.5 Å². The number of unbranched alkanes of at least 4 members (excludes halogenated alkanes) is 2. The third kappa shape index (κ3) is 60.3. The van der Waals surface area contributed by atoms with Gasteiger partial charge in [-0.25, -0.2) is 19.2 Å². The van der Waals surface area contributed by atoms with Gasteiger partial charge >= 0.3 is 48.1 Å². The number of nitrogens with one attached hydrogen (secondary N) is 3. The maximum absolute atomic E-state index is 10.4. The number of pyridine rings is 4. The third-order valence-electron chi connectivity index (χ3n) is 18.7. The van der Waals surface area contributed by atoms with Crippen LogP contribution >= 0.6 is 0 Å². The van der Waals surface area contributed by atoms with Crippen LogP contribution in [-0.4, -0.2) is 126 Å². The SMILES string of the molecule is CC(C)(C)CC(=O)O.CC(C)(C)CC(C)(C)NC(=O)O.CC(C)(C)CC(C)(C)NC(=O)O.CC(C)(C)CC(C)(C)NC(=O)O.CCC(=O)O.CCC(C)(C)C(=O)O.CCCCCC(=O)O.N.N.N.N.O=C(O)c1ccccc1.[Pt].[Pt].[Pt].[Pt].c1ccc2c(c1)cnc1ccccc12.c1ccc2c(c1)cnc1ccccc12.c1ccc2c(c1)cnc1ccccc12.c1ccc2c(c1)cnc1ccccc12. The number of aliphatic carboxylic acids is 4. The zero-order valence-electron chi connectivity index (χ0n) is 84.5. The Morgan fingerprint density at radius 3 is 0.667 bits per heavy atom. The molecular formula is C107H153N11O16Pt4. The van der Waals surface area contributed by atoms with E-state index in [0.29, 0.717) is 18.4 Å². The molecule has 0 saturated carbocycles. The summed E-state index contributed by atoms with van der Waals surface area (Å²) in [4.78, 5) is 98.5. The number of hydrogen-bond donors (Lipinski definition) is 15. The van der Waals surface area contributed by atoms with Gasteiger partial charge in [0.25, 0.3) is 0 Å². The van der Waals surface area contributed by atoms with Gasteiger partial charge in [-0.05, 0) is 167 Å². The summed E-state index contributed by atoms with van der Waals surface area (Å²) in [6.45, 7) is 44.9. The zero-order chi connectivity index (χ0) is 98.4. The molecule has 0 bridgehead atoms. The van der Waals surface area contributed by atoms with Crippen LogP contribution in [0.4, 0.5) is 14.4 Å². The van der Waals surface area contributed by atoms with Gasteiger partial charge < -0.3 is 81.4 Å². The number of amides is 3. The molecule has 0 unspecified atom stereocenters. The molecule has 9 aromatic carbocycles. The summed E-state index contributed by atoms with van der Waals surface area (Å²) in [6.07, 6.45) is 11.8. The Morgan fingerprint density at radius 2 is 0.507 bits per heavy atom. The summed E-state index contributed by atoms with van der Waals surface area (Å²) >= 11 is 0. The Labute approximate surface area is 873 Å². The van der Waals surface area contributed by atoms with Gasteiger partial charge in [-0.2, -0.15) is 0 Å². The number of rotatable bonds is 15. The van der Waals surface area contributed by atoms with E-state index in [-0.39, 0.29) is 160 Å². The van der Waals surface area contributed by atoms with E-state index in [1.807, 2.05) is 167 Å². The summed E-state index contributed by atoms with van der Waals surface area (Å²) in [7, 11) is 0. The summed E-state index contributed by atoms with van der Waals surface area (Å²) in [6, 6.07) is 74.6. The molecule has 0 saturated heterocycles. The molecular weight excluding hydrogens is 2480 g/mol. The Hall–Kier alpha value is -10.6. The smallest absolute Gasteiger partial charge is 0.405 e. The van der Waals surface area contributed by atoms with Crippen LogP contribution in [0, 0.1) is 27.1 Å². The van der Waals surface area contributed by atoms with Gasteiger partial charge in [0.1, 0.15) is 0 Å². The van der Waals surface area contributed by atoms with Gasteiger partial charge in [0.2, 0.25) is 0 Å². The van der Waals surface area contributed by atoms with E-state index in [1.54, 1.807) is 51.1 Å². The van der Waals surface area contributed by atoms with E-state index in [0.717, 1.165) is 60.6 Å². The average Bonchev–Trinajstić information content (AvgIpc) is 0.809. The predicted molar refractivity (Wildman–Crippen MR) is 552 cm³/mol. The van der Waals surface area contributed by atoms with E-state index in [9.17, 15) is 38.4 Å². The quantitative estimate of drug-likeness (QED) is 0.0335. The number of aromatic nitrogens is 4. The van der Waals surface area contributed by atoms with Crippen molar-refractivity contribution < 1.29 is 163 Å². The van der Waals surface area contributed by atoms with Gasteiger partial charge in [0, 0.05) is 182 Å². The second kappa shape index (κ2) is 68.5. The third-order valence-corrected chi connectivity index (χ3v) is 18.7. The van der Waals surface area contributed by atoms with Gasteiger partial charge in [-0.1, -0.05) is 305 Å². The number of para-hydroxylation sites is 4. The van der Waals surface area contributed by atoms with E-state index in [4.69, 9.17) is 40.9 Å². The maximum atomic E-state index is 10.4. The molecule has 13 rings (SSSR count). The number of benzene rings is 9. The van der Waals surface area contributed by atoms with Crippen LogP contribution in [0.25, 0.3) is 86.7 Å². The predicted octanol–water partition coefficient (Wildman–Crippen LogP) is 28.1. The first kappa shape index (κ1) is 140. The summed E-state index contributed by atoms with van der Waals surface area (Å²) in [5.74, 6) is -3.75. The minimum absolute atomic E-state index is 0. The fraction of sp³-hybridized carbons (Fsp3) is 0.383. The molecule has 0 aliphatic carbocycles. The minimum atomic E-state index is -0.954. The van der Waals surface area contributed by atoms with Crippen molar-refractivity contribution >= 4 is 135 Å². The van der Waals surface area contributed by atoms with Crippen LogP contribution in [0.3, 0.4) is 0 Å². The minimum Gasteiger partial charge on any atom is -0.481 e. The number of nitrogens with zero attached hydrogens (tertiary/aromatic N) is 4. The molecule has 31 heteroatoms. The van der Waals surface area contributed by atoms with E-state index in [2.05, 4.69) is 226 Å². The Balaban J connectivity index is -0.000000272. The summed E-state index contributed by atoms with van der Waals surface area (Å²) < 4.78 is 0. The average molecular weight is 2630 g/mol. The van der Waals surface area contributed by atoms with Crippen molar-refractivity contribution in [2.75, 3.05) is 0 Å². The normalized spacial score (nSPS) is 10.4. The Morgan fingerprint density at radius 1 is 0.283 bits per heavy atom. The number of fused-ring (bicyclic) bond motifs is 12. The molecule has 0 fully saturated rings. The van der Waals surface area contributed by atoms with Gasteiger partial charge in [0.15, 0.2) is 0 Å². The van der Waals surface area contributed by atoms with Crippen molar-refractivity contribution in [1.29, 1.82) is 0 Å². The molecule has 138 heavy (non-hydrogen) atoms. The second-order valence-electron chi connectivity index (χ2n) is 38.5. The molecule has 3 amide bonds. The fourth-order valence-corrected chi connectivity index (χ4v) is 13.9. The number of carboxylic acid groups (broad SMARTS) is 8. The number of carboxylic acids is 5. The molecule has 0 atom stereocenters. The molecule has 13 aromatic rings. The molecule has 4 heterocycles. The van der Waals surface area contributed by atoms with Gasteiger partial charge in [0.05, 0.1) is 39.5 Å². The molecule has 23 N–H and O–H groups in total. The van der Waals surface area contributed by atoms with Crippen LogP contribution in [-0.2, 0) is 103 Å². The molecule has 27 nitrogen and oxygen atoms in total. The number of aromatic carboxylic acids is 1. The van der Waals surface area contributed by atoms with Crippen molar-refractivity contribution in [2.45, 2.75) is 240 Å². The van der Waals surface area contributed by atoms with E-state index in [1.165, 1.54) is 64.6 Å². The van der Waals surface area contributed by atoms with Gasteiger partial charge in [-0.15, -0.1) is 0 Å². The molecule has 0 spiro atoms. The maximum Gasteiger partial charge on any atom is 0.405 e. The summed E-state index contributed by atoms with van der Waals surface area (Å²) in [5.41, 5.74) is 3.36. The fourth-order valence-electron chi connectivity index (χ4n) is 13.9. The van der Waals surface area contributed by atoms with Crippen molar-refractivity contribution in [2.24, 2.45) is 27.1 Å². The number of carbonyl (C=O) groups is 8. The first-order valence-corrected chi connectivity index (χ1v) is 43.5. The monoisotopic (exact) mass is 2630 g/mol. The molecule has 0 radical (unpaired) electrons. The van der Waals surface area contributed by atoms with Crippen molar-refractivity contribution in [1.82, 2.24) is 60.5 Å². The largest absolute Gasteiger partial charge is 0.481 e. The van der Waals surface area contributed by atoms with E-state index >= 15 is 0 Å². The standard InChI is InChI=1S/4C13H9N.3C9H19NO2.C7H6O2.3C6H12O2.C3H6O2.4H3N.4Pt/c4*1-2-6-11-10(5-1)9-14-13-8-4-3-7-12(11)13;3*1-8(2,3)6-9(4,5)10-7(11)12;8-7(9)6-4-2-1-3-5-6;1-6(2,3)4-5(7)8;1-4-6(2,3)5(7)8;1-2-3-4-5-6(7)8;1-2-3(4)5;;;;;;;;/h4*1-9H;3*10H,6H2,1-5H3,(H,11,12);1-5H,(H,8,9);2*4H2,1-3H3,(H,7,8);2-5H2,1H3,(H,7,8);2H2,1H3,(H,4,5);4*1H3;;;;. The van der Waals surface area contributed by atoms with Crippen LogP contribution in [0.5, 0.6) is 0 Å². The summed E-state index contributed by atoms with van der Waals surface area (Å²) in [5, 5.41) is 88.8. The molecule has 0 aliphatic rings. The topological polar surface area (TPSA) is 526 Å². The molecule has 772 valence electrons. The Bertz CT molecular complexity index is 4990.